The maximum atomic E-state index is 9.54. The molecule has 0 saturated heterocycles. The Balaban J connectivity index is 1.84. The summed E-state index contributed by atoms with van der Waals surface area (Å²) in [5.74, 6) is 1.86. The first-order valence-corrected chi connectivity index (χ1v) is 8.29. The average Bonchev–Trinajstić information content (AvgIpc) is 2.56. The highest BCUT2D eigenvalue weighted by Crippen LogP contribution is 2.38. The second-order valence-corrected chi connectivity index (χ2v) is 6.47. The van der Waals surface area contributed by atoms with Crippen molar-refractivity contribution in [2.24, 2.45) is 5.92 Å². The molecule has 0 heterocycles. The molecule has 116 valence electrons. The number of phenolic OH excluding ortho intramolecular Hbond substituents is 2. The molecule has 2 heteroatoms. The van der Waals surface area contributed by atoms with Gasteiger partial charge in [-0.05, 0) is 66.5 Å². The number of benzene rings is 2. The third-order valence-corrected chi connectivity index (χ3v) is 4.93. The van der Waals surface area contributed by atoms with Crippen LogP contribution in [0.1, 0.15) is 49.1 Å². The van der Waals surface area contributed by atoms with E-state index < -0.39 is 0 Å². The van der Waals surface area contributed by atoms with Gasteiger partial charge in [-0.1, -0.05) is 43.5 Å². The Labute approximate surface area is 132 Å². The molecule has 0 aromatic heterocycles. The first kappa shape index (κ1) is 15.0. The molecule has 1 fully saturated rings. The van der Waals surface area contributed by atoms with Gasteiger partial charge in [-0.2, -0.15) is 0 Å². The molecule has 0 radical (unpaired) electrons. The van der Waals surface area contributed by atoms with Gasteiger partial charge in [0.15, 0.2) is 0 Å². The van der Waals surface area contributed by atoms with Crippen LogP contribution in [0.5, 0.6) is 11.5 Å². The summed E-state index contributed by atoms with van der Waals surface area (Å²) in [5, 5.41) is 19.0. The lowest BCUT2D eigenvalue weighted by atomic mass is 9.74. The van der Waals surface area contributed by atoms with Crippen molar-refractivity contribution < 1.29 is 10.2 Å². The third kappa shape index (κ3) is 3.62. The number of aromatic hydroxyl groups is 2. The van der Waals surface area contributed by atoms with Crippen LogP contribution < -0.4 is 0 Å². The predicted molar refractivity (Wildman–Crippen MR) is 89.2 cm³/mol. The van der Waals surface area contributed by atoms with Gasteiger partial charge < -0.3 is 10.2 Å². The van der Waals surface area contributed by atoms with E-state index in [0.717, 1.165) is 6.42 Å². The van der Waals surface area contributed by atoms with Crippen molar-refractivity contribution in [3.8, 4) is 11.5 Å². The van der Waals surface area contributed by atoms with Crippen molar-refractivity contribution in [3.05, 3.63) is 59.7 Å². The monoisotopic (exact) mass is 296 g/mol. The van der Waals surface area contributed by atoms with E-state index in [1.807, 2.05) is 12.1 Å². The molecule has 22 heavy (non-hydrogen) atoms. The molecule has 2 N–H and O–H groups in total. The highest BCUT2D eigenvalue weighted by molar-refractivity contribution is 5.32. The normalized spacial score (nSPS) is 17.3. The standard InChI is InChI=1S/C20H24O2/c21-18-10-6-15(7-11-18)14-20(16-4-2-1-3-5-16)17-8-12-19(22)13-9-17/h6-13,16,20-22H,1-5,14H2. The Morgan fingerprint density at radius 2 is 1.32 bits per heavy atom. The third-order valence-electron chi connectivity index (χ3n) is 4.93. The quantitative estimate of drug-likeness (QED) is 0.833. The van der Waals surface area contributed by atoms with Crippen molar-refractivity contribution in [1.82, 2.24) is 0 Å². The van der Waals surface area contributed by atoms with Gasteiger partial charge in [0, 0.05) is 0 Å². The Morgan fingerprint density at radius 1 is 0.773 bits per heavy atom. The molecule has 0 amide bonds. The summed E-state index contributed by atoms with van der Waals surface area (Å²) in [7, 11) is 0. The second kappa shape index (κ2) is 6.87. The molecule has 1 aliphatic rings. The van der Waals surface area contributed by atoms with Crippen LogP contribution in [0.4, 0.5) is 0 Å². The molecule has 1 unspecified atom stereocenters. The van der Waals surface area contributed by atoms with Crippen LogP contribution >= 0.6 is 0 Å². The Kier molecular flexibility index (Phi) is 4.67. The summed E-state index contributed by atoms with van der Waals surface area (Å²) < 4.78 is 0. The van der Waals surface area contributed by atoms with Crippen molar-refractivity contribution in [3.63, 3.8) is 0 Å². The summed E-state index contributed by atoms with van der Waals surface area (Å²) in [6.07, 6.45) is 7.60. The smallest absolute Gasteiger partial charge is 0.115 e. The van der Waals surface area contributed by atoms with E-state index in [9.17, 15) is 10.2 Å². The fourth-order valence-electron chi connectivity index (χ4n) is 3.70. The highest BCUT2D eigenvalue weighted by Gasteiger charge is 2.25. The van der Waals surface area contributed by atoms with Gasteiger partial charge in [0.2, 0.25) is 0 Å². The Hall–Kier alpha value is -1.96. The van der Waals surface area contributed by atoms with Crippen molar-refractivity contribution in [2.75, 3.05) is 0 Å². The molecule has 0 bridgehead atoms. The van der Waals surface area contributed by atoms with E-state index in [2.05, 4.69) is 12.1 Å². The van der Waals surface area contributed by atoms with Gasteiger partial charge in [0.05, 0.1) is 0 Å². The lowest BCUT2D eigenvalue weighted by Crippen LogP contribution is -2.18. The van der Waals surface area contributed by atoms with Crippen LogP contribution in [-0.4, -0.2) is 10.2 Å². The molecular formula is C20H24O2. The number of phenols is 2. The summed E-state index contributed by atoms with van der Waals surface area (Å²) in [5.41, 5.74) is 2.58. The summed E-state index contributed by atoms with van der Waals surface area (Å²) in [6.45, 7) is 0. The predicted octanol–water partition coefficient (Wildman–Crippen LogP) is 5.00. The first-order valence-electron chi connectivity index (χ1n) is 8.29. The van der Waals surface area contributed by atoms with Crippen LogP contribution in [0.2, 0.25) is 0 Å². The molecule has 0 aliphatic heterocycles. The van der Waals surface area contributed by atoms with E-state index in [0.29, 0.717) is 23.3 Å². The lowest BCUT2D eigenvalue weighted by Gasteiger charge is -2.31. The number of rotatable bonds is 4. The Morgan fingerprint density at radius 3 is 1.91 bits per heavy atom. The minimum Gasteiger partial charge on any atom is -0.508 e. The van der Waals surface area contributed by atoms with Crippen LogP contribution in [-0.2, 0) is 6.42 Å². The molecule has 1 saturated carbocycles. The molecule has 2 nitrogen and oxygen atoms in total. The zero-order chi connectivity index (χ0) is 15.4. The maximum absolute atomic E-state index is 9.54. The fourth-order valence-corrected chi connectivity index (χ4v) is 3.70. The van der Waals surface area contributed by atoms with Crippen LogP contribution in [0, 0.1) is 5.92 Å². The summed E-state index contributed by atoms with van der Waals surface area (Å²) >= 11 is 0. The average molecular weight is 296 g/mol. The van der Waals surface area contributed by atoms with Gasteiger partial charge in [-0.25, -0.2) is 0 Å². The van der Waals surface area contributed by atoms with Crippen molar-refractivity contribution in [2.45, 2.75) is 44.4 Å². The minimum absolute atomic E-state index is 0.322. The maximum Gasteiger partial charge on any atom is 0.115 e. The van der Waals surface area contributed by atoms with Crippen molar-refractivity contribution >= 4 is 0 Å². The minimum atomic E-state index is 0.322. The van der Waals surface area contributed by atoms with E-state index in [1.54, 1.807) is 24.3 Å². The highest BCUT2D eigenvalue weighted by atomic mass is 16.3. The molecule has 2 aromatic carbocycles. The zero-order valence-corrected chi connectivity index (χ0v) is 12.9. The van der Waals surface area contributed by atoms with Crippen LogP contribution in [0.15, 0.2) is 48.5 Å². The molecule has 1 atom stereocenters. The fraction of sp³-hybridized carbons (Fsp3) is 0.400. The summed E-state index contributed by atoms with van der Waals surface area (Å²) in [6, 6.07) is 15.3. The number of hydrogen-bond acceptors (Lipinski definition) is 2. The first-order chi connectivity index (χ1) is 10.7. The lowest BCUT2D eigenvalue weighted by molar-refractivity contribution is 0.302. The zero-order valence-electron chi connectivity index (χ0n) is 12.9. The van der Waals surface area contributed by atoms with Gasteiger partial charge >= 0.3 is 0 Å². The van der Waals surface area contributed by atoms with Gasteiger partial charge in [-0.15, -0.1) is 0 Å². The number of hydrogen-bond donors (Lipinski definition) is 2. The topological polar surface area (TPSA) is 40.5 Å². The summed E-state index contributed by atoms with van der Waals surface area (Å²) in [4.78, 5) is 0. The molecule has 0 spiro atoms. The van der Waals surface area contributed by atoms with Crippen LogP contribution in [0.25, 0.3) is 0 Å². The van der Waals surface area contributed by atoms with E-state index in [4.69, 9.17) is 0 Å². The molecule has 2 aromatic rings. The second-order valence-electron chi connectivity index (χ2n) is 6.47. The molecule has 3 rings (SSSR count). The van der Waals surface area contributed by atoms with E-state index in [1.165, 1.54) is 43.2 Å². The Bertz CT molecular complexity index is 580. The van der Waals surface area contributed by atoms with E-state index >= 15 is 0 Å². The molecular weight excluding hydrogens is 272 g/mol. The molecule has 1 aliphatic carbocycles. The SMILES string of the molecule is Oc1ccc(CC(c2ccc(O)cc2)C2CCCCC2)cc1. The van der Waals surface area contributed by atoms with Gasteiger partial charge in [0.25, 0.3) is 0 Å². The van der Waals surface area contributed by atoms with Gasteiger partial charge in [-0.3, -0.25) is 0 Å². The largest absolute Gasteiger partial charge is 0.508 e. The van der Waals surface area contributed by atoms with Crippen molar-refractivity contribution in [1.29, 1.82) is 0 Å². The van der Waals surface area contributed by atoms with Gasteiger partial charge in [0.1, 0.15) is 11.5 Å². The van der Waals surface area contributed by atoms with E-state index in [-0.39, 0.29) is 0 Å². The van der Waals surface area contributed by atoms with Crippen LogP contribution in [0.3, 0.4) is 0 Å².